The highest BCUT2D eigenvalue weighted by Gasteiger charge is 1.93. The lowest BCUT2D eigenvalue weighted by Crippen LogP contribution is -2.20. The molecule has 0 radical (unpaired) electrons. The van der Waals surface area contributed by atoms with Crippen LogP contribution in [0.25, 0.3) is 0 Å². The number of nitrogens with one attached hydrogen (secondary N) is 1. The third-order valence-corrected chi connectivity index (χ3v) is 2.83. The Labute approximate surface area is 73.5 Å². The van der Waals surface area contributed by atoms with Gasteiger partial charge in [0.2, 0.25) is 0 Å². The van der Waals surface area contributed by atoms with Crippen molar-refractivity contribution in [3.8, 4) is 0 Å². The summed E-state index contributed by atoms with van der Waals surface area (Å²) >= 11 is 3.30. The normalized spacial score (nSPS) is 13.4. The lowest BCUT2D eigenvalue weighted by molar-refractivity contribution is 0.669. The third kappa shape index (κ3) is 6.71. The third-order valence-electron chi connectivity index (χ3n) is 0.963. The molecule has 0 heterocycles. The molecule has 0 fully saturated rings. The summed E-state index contributed by atoms with van der Waals surface area (Å²) in [7, 11) is -0.792. The second-order valence-electron chi connectivity index (χ2n) is 1.99. The van der Waals surface area contributed by atoms with Crippen LogP contribution in [0.1, 0.15) is 19.8 Å². The first kappa shape index (κ1) is 10.6. The quantitative estimate of drug-likeness (QED) is 0.541. The average Bonchev–Trinajstić information content (AvgIpc) is 1.89. The molecule has 10 heavy (non-hydrogen) atoms. The van der Waals surface area contributed by atoms with Gasteiger partial charge in [-0.25, -0.2) is 8.93 Å². The molecule has 0 aromatic carbocycles. The number of hydrogen-bond donors (Lipinski definition) is 1. The number of hydrogen-bond acceptors (Lipinski definition) is 1. The van der Waals surface area contributed by atoms with Crippen LogP contribution in [0.15, 0.2) is 0 Å². The first-order valence-corrected chi connectivity index (χ1v) is 5.93. The highest BCUT2D eigenvalue weighted by molar-refractivity contribution is 9.09. The minimum atomic E-state index is -0.792. The van der Waals surface area contributed by atoms with Crippen molar-refractivity contribution in [1.29, 1.82) is 0 Å². The summed E-state index contributed by atoms with van der Waals surface area (Å²) in [6.07, 6.45) is 2.02. The fraction of sp³-hybridized carbons (Fsp3) is 1.00. The van der Waals surface area contributed by atoms with E-state index in [2.05, 4.69) is 20.7 Å². The molecular weight excluding hydrogens is 214 g/mol. The molecule has 0 aromatic heterocycles. The van der Waals surface area contributed by atoms with E-state index in [1.807, 2.05) is 6.92 Å². The van der Waals surface area contributed by atoms with Crippen molar-refractivity contribution in [2.45, 2.75) is 19.8 Å². The molecule has 1 unspecified atom stereocenters. The molecule has 0 saturated heterocycles. The second kappa shape index (κ2) is 7.69. The predicted octanol–water partition coefficient (Wildman–Crippen LogP) is 1.43. The largest absolute Gasteiger partial charge is 0.243 e. The topological polar surface area (TPSA) is 29.1 Å². The molecule has 0 aliphatic heterocycles. The summed E-state index contributed by atoms with van der Waals surface area (Å²) < 4.78 is 13.8. The van der Waals surface area contributed by atoms with Crippen molar-refractivity contribution < 1.29 is 4.21 Å². The highest BCUT2D eigenvalue weighted by atomic mass is 79.9. The molecule has 0 bridgehead atoms. The van der Waals surface area contributed by atoms with E-state index in [0.717, 1.165) is 30.5 Å². The average molecular weight is 228 g/mol. The minimum Gasteiger partial charge on any atom is -0.243 e. The Kier molecular flexibility index (Phi) is 8.15. The first-order valence-electron chi connectivity index (χ1n) is 3.49. The Hall–Kier alpha value is 0.590. The SMILES string of the molecule is CCCS(=O)NCCCBr. The minimum absolute atomic E-state index is 0.766. The van der Waals surface area contributed by atoms with E-state index in [4.69, 9.17) is 0 Å². The fourth-order valence-electron chi connectivity index (χ4n) is 0.510. The lowest BCUT2D eigenvalue weighted by Gasteiger charge is -2.00. The van der Waals surface area contributed by atoms with E-state index < -0.39 is 11.0 Å². The standard InChI is InChI=1S/C6H14BrNOS/c1-2-6-10(9)8-5-3-4-7/h8H,2-6H2,1H3. The van der Waals surface area contributed by atoms with Gasteiger partial charge >= 0.3 is 0 Å². The maximum atomic E-state index is 10.9. The Bertz CT molecular complexity index is 99.7. The van der Waals surface area contributed by atoms with Gasteiger partial charge in [0.1, 0.15) is 0 Å². The molecule has 0 amide bonds. The summed E-state index contributed by atoms with van der Waals surface area (Å²) in [5.74, 6) is 0.766. The maximum absolute atomic E-state index is 10.9. The zero-order valence-corrected chi connectivity index (χ0v) is 8.63. The summed E-state index contributed by atoms with van der Waals surface area (Å²) in [5.41, 5.74) is 0. The van der Waals surface area contributed by atoms with Crippen LogP contribution >= 0.6 is 15.9 Å². The van der Waals surface area contributed by atoms with E-state index in [0.29, 0.717) is 0 Å². The zero-order chi connectivity index (χ0) is 7.82. The van der Waals surface area contributed by atoms with Crippen LogP contribution in [0.3, 0.4) is 0 Å². The van der Waals surface area contributed by atoms with Crippen LogP contribution in [0, 0.1) is 0 Å². The van der Waals surface area contributed by atoms with Crippen molar-refractivity contribution in [2.75, 3.05) is 17.6 Å². The number of alkyl halides is 1. The van der Waals surface area contributed by atoms with Crippen LogP contribution in [0.4, 0.5) is 0 Å². The molecule has 0 spiro atoms. The Morgan fingerprint density at radius 2 is 2.30 bits per heavy atom. The van der Waals surface area contributed by atoms with Crippen LogP contribution in [0.5, 0.6) is 0 Å². The van der Waals surface area contributed by atoms with Gasteiger partial charge in [-0.1, -0.05) is 22.9 Å². The van der Waals surface area contributed by atoms with Gasteiger partial charge in [0, 0.05) is 17.6 Å². The van der Waals surface area contributed by atoms with E-state index in [1.54, 1.807) is 0 Å². The van der Waals surface area contributed by atoms with Crippen LogP contribution in [-0.2, 0) is 11.0 Å². The lowest BCUT2D eigenvalue weighted by atomic mass is 10.5. The summed E-state index contributed by atoms with van der Waals surface area (Å²) in [6.45, 7) is 2.88. The molecule has 0 rings (SSSR count). The monoisotopic (exact) mass is 227 g/mol. The molecule has 0 saturated carbocycles. The van der Waals surface area contributed by atoms with Gasteiger partial charge in [0.15, 0.2) is 0 Å². The van der Waals surface area contributed by atoms with Gasteiger partial charge < -0.3 is 0 Å². The van der Waals surface area contributed by atoms with Crippen LogP contribution in [0.2, 0.25) is 0 Å². The molecule has 0 aliphatic rings. The van der Waals surface area contributed by atoms with Crippen molar-refractivity contribution in [3.63, 3.8) is 0 Å². The summed E-state index contributed by atoms with van der Waals surface area (Å²) in [6, 6.07) is 0. The van der Waals surface area contributed by atoms with Crippen LogP contribution < -0.4 is 4.72 Å². The fourth-order valence-corrected chi connectivity index (χ4v) is 1.68. The smallest absolute Gasteiger partial charge is 0.0915 e. The summed E-state index contributed by atoms with van der Waals surface area (Å²) in [5, 5.41) is 0.976. The molecular formula is C6H14BrNOS. The van der Waals surface area contributed by atoms with Gasteiger partial charge in [-0.3, -0.25) is 0 Å². The first-order chi connectivity index (χ1) is 4.81. The van der Waals surface area contributed by atoms with Crippen LogP contribution in [-0.4, -0.2) is 21.8 Å². The van der Waals surface area contributed by atoms with Gasteiger partial charge in [0.25, 0.3) is 0 Å². The van der Waals surface area contributed by atoms with Crippen molar-refractivity contribution in [1.82, 2.24) is 4.72 Å². The van der Waals surface area contributed by atoms with Gasteiger partial charge in [0.05, 0.1) is 11.0 Å². The van der Waals surface area contributed by atoms with E-state index >= 15 is 0 Å². The van der Waals surface area contributed by atoms with E-state index in [9.17, 15) is 4.21 Å². The van der Waals surface area contributed by atoms with Crippen molar-refractivity contribution in [2.24, 2.45) is 0 Å². The van der Waals surface area contributed by atoms with E-state index in [-0.39, 0.29) is 0 Å². The predicted molar refractivity (Wildman–Crippen MR) is 49.7 cm³/mol. The Balaban J connectivity index is 3.05. The molecule has 1 atom stereocenters. The van der Waals surface area contributed by atoms with Crippen molar-refractivity contribution >= 4 is 26.9 Å². The molecule has 2 nitrogen and oxygen atoms in total. The Morgan fingerprint density at radius 3 is 2.80 bits per heavy atom. The number of rotatable bonds is 6. The zero-order valence-electron chi connectivity index (χ0n) is 6.23. The molecule has 0 aliphatic carbocycles. The number of halogens is 1. The molecule has 4 heteroatoms. The second-order valence-corrected chi connectivity index (χ2v) is 4.17. The van der Waals surface area contributed by atoms with E-state index in [1.165, 1.54) is 0 Å². The maximum Gasteiger partial charge on any atom is 0.0915 e. The van der Waals surface area contributed by atoms with Gasteiger partial charge in [-0.2, -0.15) is 0 Å². The molecule has 1 N–H and O–H groups in total. The highest BCUT2D eigenvalue weighted by Crippen LogP contribution is 1.86. The Morgan fingerprint density at radius 1 is 1.60 bits per heavy atom. The van der Waals surface area contributed by atoms with Gasteiger partial charge in [-0.15, -0.1) is 0 Å². The summed E-state index contributed by atoms with van der Waals surface area (Å²) in [4.78, 5) is 0. The van der Waals surface area contributed by atoms with Crippen molar-refractivity contribution in [3.05, 3.63) is 0 Å². The molecule has 0 aromatic rings. The van der Waals surface area contributed by atoms with Gasteiger partial charge in [-0.05, 0) is 12.8 Å². The molecule has 62 valence electrons.